The maximum Gasteiger partial charge on any atom is 0.343 e. The summed E-state index contributed by atoms with van der Waals surface area (Å²) in [5.74, 6) is 0.858. The van der Waals surface area contributed by atoms with E-state index < -0.39 is 0 Å². The van der Waals surface area contributed by atoms with Gasteiger partial charge in [0.1, 0.15) is 11.5 Å². The highest BCUT2D eigenvalue weighted by molar-refractivity contribution is 9.10. The molecule has 0 aliphatic carbocycles. The summed E-state index contributed by atoms with van der Waals surface area (Å²) in [7, 11) is 0. The normalized spacial score (nSPS) is 11.5. The van der Waals surface area contributed by atoms with E-state index in [1.165, 1.54) is 5.56 Å². The average Bonchev–Trinajstić information content (AvgIpc) is 2.56. The molecule has 0 aliphatic rings. The summed E-state index contributed by atoms with van der Waals surface area (Å²) < 4.78 is 11.9. The fraction of sp³-hybridized carbons (Fsp3) is 0.381. The Balaban J connectivity index is 2.10. The molecule has 0 atom stereocenters. The van der Waals surface area contributed by atoms with Crippen molar-refractivity contribution in [3.05, 3.63) is 58.1 Å². The van der Waals surface area contributed by atoms with Gasteiger partial charge in [-0.15, -0.1) is 0 Å². The molecule has 0 bridgehead atoms. The summed E-state index contributed by atoms with van der Waals surface area (Å²) in [6.07, 6.45) is 1.12. The van der Waals surface area contributed by atoms with Crippen LogP contribution in [0.1, 0.15) is 57.0 Å². The van der Waals surface area contributed by atoms with Gasteiger partial charge in [0.05, 0.1) is 16.1 Å². The fourth-order valence-electron chi connectivity index (χ4n) is 2.32. The highest BCUT2D eigenvalue weighted by Crippen LogP contribution is 2.29. The van der Waals surface area contributed by atoms with Gasteiger partial charge in [-0.3, -0.25) is 0 Å². The van der Waals surface area contributed by atoms with Gasteiger partial charge in [-0.05, 0) is 77.5 Å². The molecule has 0 saturated carbocycles. The second-order valence-corrected chi connectivity index (χ2v) is 7.82. The Morgan fingerprint density at radius 2 is 1.76 bits per heavy atom. The number of carbonyl (C=O) groups excluding carboxylic acids is 1. The number of ether oxygens (including phenoxy) is 2. The first-order valence-electron chi connectivity index (χ1n) is 8.52. The lowest BCUT2D eigenvalue weighted by Crippen LogP contribution is -2.15. The number of rotatable bonds is 6. The molecule has 0 aliphatic heterocycles. The summed E-state index contributed by atoms with van der Waals surface area (Å²) in [4.78, 5) is 12.4. The molecule has 0 N–H and O–H groups in total. The molecule has 0 unspecified atom stereocenters. The largest absolute Gasteiger partial charge is 0.490 e. The standard InChI is InChI=1S/C21H25BrO3/c1-6-21(4,5)16-8-10-17(11-9-16)25-20(23)15-7-12-19(18(22)13-15)24-14(2)3/h7-14H,6H2,1-5H3. The van der Waals surface area contributed by atoms with Crippen molar-refractivity contribution < 1.29 is 14.3 Å². The van der Waals surface area contributed by atoms with Crippen LogP contribution in [0.25, 0.3) is 0 Å². The van der Waals surface area contributed by atoms with Gasteiger partial charge in [0.15, 0.2) is 0 Å². The third-order valence-corrected chi connectivity index (χ3v) is 4.88. The predicted molar refractivity (Wildman–Crippen MR) is 105 cm³/mol. The van der Waals surface area contributed by atoms with Crippen LogP contribution in [0.15, 0.2) is 46.9 Å². The van der Waals surface area contributed by atoms with E-state index >= 15 is 0 Å². The topological polar surface area (TPSA) is 35.5 Å². The van der Waals surface area contributed by atoms with Crippen LogP contribution in [0, 0.1) is 0 Å². The lowest BCUT2D eigenvalue weighted by molar-refractivity contribution is 0.0734. The van der Waals surface area contributed by atoms with Crippen molar-refractivity contribution in [3.8, 4) is 11.5 Å². The van der Waals surface area contributed by atoms with E-state index in [1.54, 1.807) is 18.2 Å². The zero-order valence-corrected chi connectivity index (χ0v) is 17.0. The van der Waals surface area contributed by atoms with Gasteiger partial charge in [-0.1, -0.05) is 32.9 Å². The van der Waals surface area contributed by atoms with E-state index in [0.29, 0.717) is 17.1 Å². The van der Waals surface area contributed by atoms with Crippen molar-refractivity contribution in [3.63, 3.8) is 0 Å². The molecular weight excluding hydrogens is 380 g/mol. The molecule has 0 heterocycles. The van der Waals surface area contributed by atoms with Crippen LogP contribution in [-0.4, -0.2) is 12.1 Å². The van der Waals surface area contributed by atoms with Crippen LogP contribution in [0.2, 0.25) is 0 Å². The maximum absolute atomic E-state index is 12.4. The van der Waals surface area contributed by atoms with Crippen LogP contribution in [0.3, 0.4) is 0 Å². The lowest BCUT2D eigenvalue weighted by atomic mass is 9.82. The molecule has 3 nitrogen and oxygen atoms in total. The molecule has 2 aromatic carbocycles. The van der Waals surface area contributed by atoms with E-state index in [-0.39, 0.29) is 17.5 Å². The first-order chi connectivity index (χ1) is 11.7. The molecular formula is C21H25BrO3. The van der Waals surface area contributed by atoms with Gasteiger partial charge in [-0.25, -0.2) is 4.79 Å². The Morgan fingerprint density at radius 3 is 2.28 bits per heavy atom. The van der Waals surface area contributed by atoms with Crippen LogP contribution in [0.5, 0.6) is 11.5 Å². The number of esters is 1. The van der Waals surface area contributed by atoms with E-state index in [2.05, 4.69) is 36.7 Å². The first kappa shape index (κ1) is 19.5. The van der Waals surface area contributed by atoms with Gasteiger partial charge in [0, 0.05) is 0 Å². The summed E-state index contributed by atoms with van der Waals surface area (Å²) >= 11 is 3.44. The Hall–Kier alpha value is -1.81. The smallest absolute Gasteiger partial charge is 0.343 e. The van der Waals surface area contributed by atoms with Crippen LogP contribution in [-0.2, 0) is 5.41 Å². The molecule has 2 rings (SSSR count). The highest BCUT2D eigenvalue weighted by atomic mass is 79.9. The number of carbonyl (C=O) groups is 1. The van der Waals surface area contributed by atoms with Crippen LogP contribution >= 0.6 is 15.9 Å². The monoisotopic (exact) mass is 404 g/mol. The Labute approximate surface area is 158 Å². The van der Waals surface area contributed by atoms with Crippen molar-refractivity contribution in [2.24, 2.45) is 0 Å². The maximum atomic E-state index is 12.4. The minimum atomic E-state index is -0.390. The predicted octanol–water partition coefficient (Wildman–Crippen LogP) is 6.14. The SMILES string of the molecule is CCC(C)(C)c1ccc(OC(=O)c2ccc(OC(C)C)c(Br)c2)cc1. The third kappa shape index (κ3) is 5.08. The van der Waals surface area contributed by atoms with Gasteiger partial charge < -0.3 is 9.47 Å². The van der Waals surface area contributed by atoms with E-state index in [0.717, 1.165) is 10.9 Å². The summed E-state index contributed by atoms with van der Waals surface area (Å²) in [5, 5.41) is 0. The quantitative estimate of drug-likeness (QED) is 0.428. The van der Waals surface area contributed by atoms with Gasteiger partial charge in [0.2, 0.25) is 0 Å². The van der Waals surface area contributed by atoms with Crippen LogP contribution < -0.4 is 9.47 Å². The minimum Gasteiger partial charge on any atom is -0.490 e. The molecule has 0 radical (unpaired) electrons. The summed E-state index contributed by atoms with van der Waals surface area (Å²) in [6, 6.07) is 12.9. The molecule has 0 saturated heterocycles. The van der Waals surface area contributed by atoms with E-state index in [9.17, 15) is 4.79 Å². The second-order valence-electron chi connectivity index (χ2n) is 6.96. The van der Waals surface area contributed by atoms with Crippen molar-refractivity contribution >= 4 is 21.9 Å². The number of hydrogen-bond donors (Lipinski definition) is 0. The second kappa shape index (κ2) is 8.05. The van der Waals surface area contributed by atoms with Crippen molar-refractivity contribution in [1.29, 1.82) is 0 Å². The zero-order valence-electron chi connectivity index (χ0n) is 15.4. The molecule has 0 amide bonds. The Bertz CT molecular complexity index is 733. The molecule has 134 valence electrons. The molecule has 2 aromatic rings. The number of halogens is 1. The zero-order chi connectivity index (χ0) is 18.6. The third-order valence-electron chi connectivity index (χ3n) is 4.26. The molecule has 4 heteroatoms. The molecule has 0 fully saturated rings. The molecule has 0 spiro atoms. The summed E-state index contributed by atoms with van der Waals surface area (Å²) in [5.41, 5.74) is 1.81. The lowest BCUT2D eigenvalue weighted by Gasteiger charge is -2.23. The highest BCUT2D eigenvalue weighted by Gasteiger charge is 2.18. The molecule has 25 heavy (non-hydrogen) atoms. The Morgan fingerprint density at radius 1 is 1.12 bits per heavy atom. The van der Waals surface area contributed by atoms with Crippen LogP contribution in [0.4, 0.5) is 0 Å². The van der Waals surface area contributed by atoms with Crippen molar-refractivity contribution in [1.82, 2.24) is 0 Å². The first-order valence-corrected chi connectivity index (χ1v) is 9.31. The van der Waals surface area contributed by atoms with Gasteiger partial charge >= 0.3 is 5.97 Å². The van der Waals surface area contributed by atoms with Crippen molar-refractivity contribution in [2.45, 2.75) is 52.6 Å². The van der Waals surface area contributed by atoms with E-state index in [1.807, 2.05) is 38.1 Å². The average molecular weight is 405 g/mol. The number of benzene rings is 2. The number of hydrogen-bond acceptors (Lipinski definition) is 3. The summed E-state index contributed by atoms with van der Waals surface area (Å²) in [6.45, 7) is 10.5. The minimum absolute atomic E-state index is 0.0694. The Kier molecular flexibility index (Phi) is 6.28. The fourth-order valence-corrected chi connectivity index (χ4v) is 2.79. The molecule has 0 aromatic heterocycles. The van der Waals surface area contributed by atoms with Gasteiger partial charge in [-0.2, -0.15) is 0 Å². The van der Waals surface area contributed by atoms with Gasteiger partial charge in [0.25, 0.3) is 0 Å². The van der Waals surface area contributed by atoms with Crippen molar-refractivity contribution in [2.75, 3.05) is 0 Å². The van der Waals surface area contributed by atoms with E-state index in [4.69, 9.17) is 9.47 Å².